The SMILES string of the molecule is CN(CCn1cccn1)Cc1ccc(-n2cccn2)cc1. The van der Waals surface area contributed by atoms with Gasteiger partial charge in [-0.1, -0.05) is 12.1 Å². The minimum absolute atomic E-state index is 0.912. The maximum atomic E-state index is 4.23. The summed E-state index contributed by atoms with van der Waals surface area (Å²) < 4.78 is 3.82. The van der Waals surface area contributed by atoms with E-state index in [2.05, 4.69) is 46.4 Å². The molecule has 3 rings (SSSR count). The molecule has 0 radical (unpaired) electrons. The van der Waals surface area contributed by atoms with Crippen molar-refractivity contribution < 1.29 is 0 Å². The van der Waals surface area contributed by atoms with Crippen LogP contribution in [0.2, 0.25) is 0 Å². The molecule has 0 aliphatic heterocycles. The van der Waals surface area contributed by atoms with Gasteiger partial charge in [-0.25, -0.2) is 4.68 Å². The predicted molar refractivity (Wildman–Crippen MR) is 82.1 cm³/mol. The van der Waals surface area contributed by atoms with E-state index in [0.717, 1.165) is 25.3 Å². The van der Waals surface area contributed by atoms with Crippen LogP contribution in [0.1, 0.15) is 5.56 Å². The molecule has 0 N–H and O–H groups in total. The zero-order valence-corrected chi connectivity index (χ0v) is 12.1. The van der Waals surface area contributed by atoms with Crippen LogP contribution in [-0.2, 0) is 13.1 Å². The van der Waals surface area contributed by atoms with Gasteiger partial charge >= 0.3 is 0 Å². The first-order valence-corrected chi connectivity index (χ1v) is 7.06. The Balaban J connectivity index is 1.55. The molecule has 0 aliphatic carbocycles. The van der Waals surface area contributed by atoms with Crippen LogP contribution in [0.4, 0.5) is 0 Å². The van der Waals surface area contributed by atoms with E-state index in [1.165, 1.54) is 5.56 Å². The number of aromatic nitrogens is 4. The minimum atomic E-state index is 0.912. The van der Waals surface area contributed by atoms with Crippen molar-refractivity contribution in [1.82, 2.24) is 24.5 Å². The predicted octanol–water partition coefficient (Wildman–Crippen LogP) is 2.20. The van der Waals surface area contributed by atoms with Crippen LogP contribution in [-0.4, -0.2) is 38.1 Å². The third kappa shape index (κ3) is 3.58. The quantitative estimate of drug-likeness (QED) is 0.695. The summed E-state index contributed by atoms with van der Waals surface area (Å²) in [5.74, 6) is 0. The molecule has 0 aliphatic rings. The van der Waals surface area contributed by atoms with Gasteiger partial charge in [0.15, 0.2) is 0 Å². The smallest absolute Gasteiger partial charge is 0.0645 e. The van der Waals surface area contributed by atoms with Crippen LogP contribution < -0.4 is 0 Å². The lowest BCUT2D eigenvalue weighted by Gasteiger charge is -2.16. The molecule has 0 fully saturated rings. The van der Waals surface area contributed by atoms with E-state index in [0.29, 0.717) is 0 Å². The zero-order valence-electron chi connectivity index (χ0n) is 12.1. The van der Waals surface area contributed by atoms with Gasteiger partial charge in [-0.2, -0.15) is 10.2 Å². The lowest BCUT2D eigenvalue weighted by Crippen LogP contribution is -2.23. The van der Waals surface area contributed by atoms with Gasteiger partial charge in [-0.3, -0.25) is 4.68 Å². The van der Waals surface area contributed by atoms with Crippen molar-refractivity contribution in [3.8, 4) is 5.69 Å². The van der Waals surface area contributed by atoms with E-state index in [4.69, 9.17) is 0 Å². The Morgan fingerprint density at radius 1 is 1.00 bits per heavy atom. The van der Waals surface area contributed by atoms with Crippen molar-refractivity contribution in [2.45, 2.75) is 13.1 Å². The van der Waals surface area contributed by atoms with Crippen LogP contribution in [0, 0.1) is 0 Å². The standard InChI is InChI=1S/C16H19N5/c1-19(12-13-20-10-2-8-17-20)14-15-4-6-16(7-5-15)21-11-3-9-18-21/h2-11H,12-14H2,1H3. The summed E-state index contributed by atoms with van der Waals surface area (Å²) in [6, 6.07) is 12.4. The summed E-state index contributed by atoms with van der Waals surface area (Å²) in [6.45, 7) is 2.82. The van der Waals surface area contributed by atoms with Crippen LogP contribution >= 0.6 is 0 Å². The van der Waals surface area contributed by atoms with Crippen molar-refractivity contribution >= 4 is 0 Å². The Morgan fingerprint density at radius 3 is 2.43 bits per heavy atom. The molecule has 0 bridgehead atoms. The largest absolute Gasteiger partial charge is 0.300 e. The highest BCUT2D eigenvalue weighted by Crippen LogP contribution is 2.10. The molecule has 0 atom stereocenters. The maximum absolute atomic E-state index is 4.23. The number of rotatable bonds is 6. The van der Waals surface area contributed by atoms with Gasteiger partial charge in [0.1, 0.15) is 0 Å². The van der Waals surface area contributed by atoms with E-state index >= 15 is 0 Å². The lowest BCUT2D eigenvalue weighted by molar-refractivity contribution is 0.305. The van der Waals surface area contributed by atoms with Gasteiger partial charge in [0.25, 0.3) is 0 Å². The molecule has 2 aromatic heterocycles. The summed E-state index contributed by atoms with van der Waals surface area (Å²) in [7, 11) is 2.13. The molecular formula is C16H19N5. The molecule has 3 aromatic rings. The average molecular weight is 281 g/mol. The molecule has 0 unspecified atom stereocenters. The van der Waals surface area contributed by atoms with Crippen LogP contribution in [0.25, 0.3) is 5.69 Å². The van der Waals surface area contributed by atoms with E-state index in [9.17, 15) is 0 Å². The van der Waals surface area contributed by atoms with Crippen LogP contribution in [0.15, 0.2) is 61.2 Å². The second kappa shape index (κ2) is 6.37. The van der Waals surface area contributed by atoms with Gasteiger partial charge in [0.2, 0.25) is 0 Å². The highest BCUT2D eigenvalue weighted by molar-refractivity contribution is 5.33. The highest BCUT2D eigenvalue weighted by Gasteiger charge is 2.02. The molecule has 21 heavy (non-hydrogen) atoms. The first-order valence-electron chi connectivity index (χ1n) is 7.06. The number of likely N-dealkylation sites (N-methyl/N-ethyl adjacent to an activating group) is 1. The molecule has 5 nitrogen and oxygen atoms in total. The number of hydrogen-bond donors (Lipinski definition) is 0. The van der Waals surface area contributed by atoms with Crippen molar-refractivity contribution in [3.63, 3.8) is 0 Å². The van der Waals surface area contributed by atoms with Gasteiger partial charge in [0.05, 0.1) is 12.2 Å². The van der Waals surface area contributed by atoms with Crippen LogP contribution in [0.5, 0.6) is 0 Å². The Labute approximate surface area is 124 Å². The van der Waals surface area contributed by atoms with Crippen LogP contribution in [0.3, 0.4) is 0 Å². The first kappa shape index (κ1) is 13.6. The number of hydrogen-bond acceptors (Lipinski definition) is 3. The zero-order chi connectivity index (χ0) is 14.5. The third-order valence-electron chi connectivity index (χ3n) is 3.43. The summed E-state index contributed by atoms with van der Waals surface area (Å²) >= 11 is 0. The summed E-state index contributed by atoms with van der Waals surface area (Å²) in [6.07, 6.45) is 7.54. The maximum Gasteiger partial charge on any atom is 0.0645 e. The van der Waals surface area contributed by atoms with Gasteiger partial charge < -0.3 is 4.90 Å². The molecule has 1 aromatic carbocycles. The molecule has 2 heterocycles. The Kier molecular flexibility index (Phi) is 4.12. The topological polar surface area (TPSA) is 38.9 Å². The van der Waals surface area contributed by atoms with Gasteiger partial charge in [0, 0.05) is 37.9 Å². The second-order valence-corrected chi connectivity index (χ2v) is 5.12. The molecule has 0 saturated carbocycles. The van der Waals surface area contributed by atoms with Crippen molar-refractivity contribution in [3.05, 3.63) is 66.7 Å². The summed E-state index contributed by atoms with van der Waals surface area (Å²) in [5, 5.41) is 8.45. The average Bonchev–Trinajstić information content (AvgIpc) is 3.19. The van der Waals surface area contributed by atoms with Gasteiger partial charge in [-0.05, 0) is 36.9 Å². The lowest BCUT2D eigenvalue weighted by atomic mass is 10.2. The first-order chi connectivity index (χ1) is 10.3. The molecule has 0 saturated heterocycles. The van der Waals surface area contributed by atoms with E-state index < -0.39 is 0 Å². The number of nitrogens with zero attached hydrogens (tertiary/aromatic N) is 5. The van der Waals surface area contributed by atoms with E-state index in [-0.39, 0.29) is 0 Å². The monoisotopic (exact) mass is 281 g/mol. The molecule has 5 heteroatoms. The normalized spacial score (nSPS) is 11.1. The fraction of sp³-hybridized carbons (Fsp3) is 0.250. The summed E-state index contributed by atoms with van der Waals surface area (Å²) in [5.41, 5.74) is 2.39. The van der Waals surface area contributed by atoms with Crippen molar-refractivity contribution in [2.75, 3.05) is 13.6 Å². The minimum Gasteiger partial charge on any atom is -0.300 e. The van der Waals surface area contributed by atoms with E-state index in [1.54, 1.807) is 6.20 Å². The Bertz CT molecular complexity index is 641. The Hall–Kier alpha value is -2.40. The molecule has 0 spiro atoms. The van der Waals surface area contributed by atoms with E-state index in [1.807, 2.05) is 40.1 Å². The summed E-state index contributed by atoms with van der Waals surface area (Å²) in [4.78, 5) is 2.30. The van der Waals surface area contributed by atoms with Crippen molar-refractivity contribution in [1.29, 1.82) is 0 Å². The Morgan fingerprint density at radius 2 is 1.76 bits per heavy atom. The molecule has 0 amide bonds. The van der Waals surface area contributed by atoms with Gasteiger partial charge in [-0.15, -0.1) is 0 Å². The fourth-order valence-electron chi connectivity index (χ4n) is 2.27. The fourth-order valence-corrected chi connectivity index (χ4v) is 2.27. The number of benzene rings is 1. The third-order valence-corrected chi connectivity index (χ3v) is 3.43. The van der Waals surface area contributed by atoms with Crippen molar-refractivity contribution in [2.24, 2.45) is 0 Å². The second-order valence-electron chi connectivity index (χ2n) is 5.12. The highest BCUT2D eigenvalue weighted by atomic mass is 15.3. The molecule has 108 valence electrons. The molecular weight excluding hydrogens is 262 g/mol.